The van der Waals surface area contributed by atoms with Gasteiger partial charge < -0.3 is 0 Å². The van der Waals surface area contributed by atoms with Gasteiger partial charge >= 0.3 is 0 Å². The summed E-state index contributed by atoms with van der Waals surface area (Å²) in [5.74, 6) is 0.634. The van der Waals surface area contributed by atoms with Gasteiger partial charge in [-0.15, -0.1) is 0 Å². The molecular formula is C12H14O. The Bertz CT molecular complexity index is 307. The highest BCUT2D eigenvalue weighted by molar-refractivity contribution is 5.88. The molecule has 2 atom stereocenters. The monoisotopic (exact) mass is 174 g/mol. The second-order valence-electron chi connectivity index (χ2n) is 3.88. The van der Waals surface area contributed by atoms with Crippen LogP contribution in [0.3, 0.4) is 0 Å². The third kappa shape index (κ3) is 1.64. The molecule has 0 aromatic rings. The van der Waals surface area contributed by atoms with Crippen molar-refractivity contribution in [1.29, 1.82) is 0 Å². The topological polar surface area (TPSA) is 17.1 Å². The Hall–Kier alpha value is -1.11. The average Bonchev–Trinajstić information content (AvgIpc) is 2.35. The zero-order valence-electron chi connectivity index (χ0n) is 7.86. The number of carbonyl (C=O) groups excluding carboxylic acids is 1. The third-order valence-corrected chi connectivity index (χ3v) is 2.79. The van der Waals surface area contributed by atoms with Crippen LogP contribution < -0.4 is 0 Å². The molecule has 68 valence electrons. The lowest BCUT2D eigenvalue weighted by atomic mass is 9.91. The number of fused-ring (bicyclic) bond motifs is 2. The smallest absolute Gasteiger partial charge is 0.147 e. The van der Waals surface area contributed by atoms with Crippen LogP contribution in [0.2, 0.25) is 0 Å². The molecule has 0 radical (unpaired) electrons. The van der Waals surface area contributed by atoms with Gasteiger partial charge in [-0.3, -0.25) is 4.79 Å². The molecule has 2 aliphatic carbocycles. The first-order chi connectivity index (χ1) is 6.27. The fraction of sp³-hybridized carbons (Fsp3) is 0.417. The van der Waals surface area contributed by atoms with Crippen LogP contribution >= 0.6 is 0 Å². The molecule has 2 bridgehead atoms. The normalized spacial score (nSPS) is 32.4. The van der Waals surface area contributed by atoms with Crippen LogP contribution in [0.1, 0.15) is 19.8 Å². The third-order valence-electron chi connectivity index (χ3n) is 2.79. The number of rotatable bonds is 0. The maximum atomic E-state index is 11.9. The summed E-state index contributed by atoms with van der Waals surface area (Å²) in [6.45, 7) is 2.11. The Balaban J connectivity index is 2.34. The average molecular weight is 174 g/mol. The van der Waals surface area contributed by atoms with Crippen LogP contribution in [0.5, 0.6) is 0 Å². The molecule has 1 heteroatoms. The van der Waals surface area contributed by atoms with E-state index in [9.17, 15) is 4.79 Å². The summed E-state index contributed by atoms with van der Waals surface area (Å²) in [4.78, 5) is 11.9. The molecular weight excluding hydrogens is 160 g/mol. The summed E-state index contributed by atoms with van der Waals surface area (Å²) in [6, 6.07) is 0. The first-order valence-corrected chi connectivity index (χ1v) is 4.82. The molecule has 0 saturated heterocycles. The molecule has 1 nitrogen and oxygen atoms in total. The van der Waals surface area contributed by atoms with E-state index in [1.807, 2.05) is 24.3 Å². The first kappa shape index (κ1) is 8.49. The Labute approximate surface area is 78.8 Å². The summed E-state index contributed by atoms with van der Waals surface area (Å²) in [7, 11) is 0. The maximum Gasteiger partial charge on any atom is 0.147 e. The second kappa shape index (κ2) is 3.33. The molecule has 2 aliphatic rings. The Kier molecular flexibility index (Phi) is 2.17. The van der Waals surface area contributed by atoms with Crippen molar-refractivity contribution in [3.63, 3.8) is 0 Å². The second-order valence-corrected chi connectivity index (χ2v) is 3.88. The summed E-state index contributed by atoms with van der Waals surface area (Å²) >= 11 is 0. The van der Waals surface area contributed by atoms with Crippen molar-refractivity contribution < 1.29 is 4.79 Å². The summed E-state index contributed by atoms with van der Waals surface area (Å²) < 4.78 is 0. The van der Waals surface area contributed by atoms with Gasteiger partial charge in [0.05, 0.1) is 0 Å². The predicted molar refractivity (Wildman–Crippen MR) is 53.3 cm³/mol. The minimum atomic E-state index is 0.123. The number of Topliss-reactive ketones (excluding diaryl/α,β-unsaturated/α-hetero) is 1. The molecule has 0 heterocycles. The van der Waals surface area contributed by atoms with Crippen molar-refractivity contribution in [1.82, 2.24) is 0 Å². The number of allylic oxidation sites excluding steroid dienone is 6. The molecule has 2 rings (SSSR count). The van der Waals surface area contributed by atoms with E-state index in [1.165, 1.54) is 5.57 Å². The molecule has 0 N–H and O–H groups in total. The van der Waals surface area contributed by atoms with E-state index in [2.05, 4.69) is 13.0 Å². The zero-order valence-corrected chi connectivity index (χ0v) is 7.86. The van der Waals surface area contributed by atoms with Crippen molar-refractivity contribution in [2.45, 2.75) is 19.8 Å². The maximum absolute atomic E-state index is 11.9. The molecule has 0 amide bonds. The van der Waals surface area contributed by atoms with Gasteiger partial charge in [0.25, 0.3) is 0 Å². The molecule has 0 aromatic carbocycles. The van der Waals surface area contributed by atoms with Gasteiger partial charge in [0.2, 0.25) is 0 Å². The van der Waals surface area contributed by atoms with Gasteiger partial charge in [0, 0.05) is 11.8 Å². The SMILES string of the molecule is CC1=CC[C@@H]2C=CC=C[C@H](C1)C2=O. The van der Waals surface area contributed by atoms with Crippen LogP contribution in [-0.4, -0.2) is 5.78 Å². The van der Waals surface area contributed by atoms with Crippen LogP contribution in [0.25, 0.3) is 0 Å². The zero-order chi connectivity index (χ0) is 9.26. The van der Waals surface area contributed by atoms with Crippen molar-refractivity contribution in [2.75, 3.05) is 0 Å². The Morgan fingerprint density at radius 1 is 1.23 bits per heavy atom. The molecule has 0 unspecified atom stereocenters. The van der Waals surface area contributed by atoms with Gasteiger partial charge in [-0.2, -0.15) is 0 Å². The fourth-order valence-electron chi connectivity index (χ4n) is 1.98. The van der Waals surface area contributed by atoms with Crippen LogP contribution in [0, 0.1) is 11.8 Å². The summed E-state index contributed by atoms with van der Waals surface area (Å²) in [5.41, 5.74) is 1.35. The fourth-order valence-corrected chi connectivity index (χ4v) is 1.98. The van der Waals surface area contributed by atoms with Gasteiger partial charge in [0.1, 0.15) is 5.78 Å². The van der Waals surface area contributed by atoms with E-state index < -0.39 is 0 Å². The van der Waals surface area contributed by atoms with E-state index in [-0.39, 0.29) is 11.8 Å². The predicted octanol–water partition coefficient (Wildman–Crippen LogP) is 2.65. The van der Waals surface area contributed by atoms with Gasteiger partial charge in [-0.05, 0) is 19.8 Å². The molecule has 13 heavy (non-hydrogen) atoms. The van der Waals surface area contributed by atoms with E-state index in [4.69, 9.17) is 0 Å². The van der Waals surface area contributed by atoms with Crippen molar-refractivity contribution in [2.24, 2.45) is 11.8 Å². The number of ketones is 1. The van der Waals surface area contributed by atoms with E-state index in [0.717, 1.165) is 12.8 Å². The standard InChI is InChI=1S/C12H14O/c1-9-6-7-10-4-2-3-5-11(8-9)12(10)13/h2-6,10-11H,7-8H2,1H3/t10-,11+/m0/s1. The summed E-state index contributed by atoms with van der Waals surface area (Å²) in [5, 5.41) is 0. The van der Waals surface area contributed by atoms with Crippen LogP contribution in [-0.2, 0) is 4.79 Å². The summed E-state index contributed by atoms with van der Waals surface area (Å²) in [6.07, 6.45) is 12.0. The molecule has 0 aromatic heterocycles. The number of hydrogen-bond acceptors (Lipinski definition) is 1. The first-order valence-electron chi connectivity index (χ1n) is 4.82. The number of carbonyl (C=O) groups is 1. The Morgan fingerprint density at radius 2 is 1.92 bits per heavy atom. The molecule has 0 spiro atoms. The Morgan fingerprint density at radius 3 is 2.69 bits per heavy atom. The van der Waals surface area contributed by atoms with E-state index >= 15 is 0 Å². The van der Waals surface area contributed by atoms with Gasteiger partial charge in [-0.25, -0.2) is 0 Å². The van der Waals surface area contributed by atoms with Crippen LogP contribution in [0.4, 0.5) is 0 Å². The number of hydrogen-bond donors (Lipinski definition) is 0. The van der Waals surface area contributed by atoms with Gasteiger partial charge in [0.15, 0.2) is 0 Å². The quantitative estimate of drug-likeness (QED) is 0.516. The minimum absolute atomic E-state index is 0.123. The molecule has 0 fully saturated rings. The van der Waals surface area contributed by atoms with Crippen molar-refractivity contribution >= 4 is 5.78 Å². The lowest BCUT2D eigenvalue weighted by molar-refractivity contribution is -0.123. The van der Waals surface area contributed by atoms with Gasteiger partial charge in [-0.1, -0.05) is 36.0 Å². The molecule has 0 saturated carbocycles. The van der Waals surface area contributed by atoms with Crippen molar-refractivity contribution in [3.8, 4) is 0 Å². The minimum Gasteiger partial charge on any atom is -0.298 e. The van der Waals surface area contributed by atoms with Crippen LogP contribution in [0.15, 0.2) is 36.0 Å². The highest BCUT2D eigenvalue weighted by Crippen LogP contribution is 2.27. The van der Waals surface area contributed by atoms with E-state index in [1.54, 1.807) is 0 Å². The van der Waals surface area contributed by atoms with Crippen molar-refractivity contribution in [3.05, 3.63) is 36.0 Å². The lowest BCUT2D eigenvalue weighted by Crippen LogP contribution is -2.18. The highest BCUT2D eigenvalue weighted by Gasteiger charge is 2.26. The molecule has 0 aliphatic heterocycles. The highest BCUT2D eigenvalue weighted by atomic mass is 16.1. The largest absolute Gasteiger partial charge is 0.298 e. The van der Waals surface area contributed by atoms with E-state index in [0.29, 0.717) is 5.78 Å². The lowest BCUT2D eigenvalue weighted by Gasteiger charge is -2.11.